The van der Waals surface area contributed by atoms with Gasteiger partial charge in [0.05, 0.1) is 16.8 Å². The number of hydrogen-bond donors (Lipinski definition) is 0. The van der Waals surface area contributed by atoms with E-state index >= 15 is 0 Å². The molecule has 64 valence electrons. The molecule has 3 nitrogen and oxygen atoms in total. The molecular weight excluding hydrogens is 271 g/mol. The number of halogens is 1. The lowest BCUT2D eigenvalue weighted by molar-refractivity contribution is -0.112. The SMILES string of the molecule is O=C1C=CC2(C=C1I)OCCO2. The fraction of sp³-hybridized carbons (Fsp3) is 0.375. The standard InChI is InChI=1S/C8H7IO3/c9-6-5-8(2-1-7(6)10)11-3-4-12-8/h1-2,5H,3-4H2. The lowest BCUT2D eigenvalue weighted by Gasteiger charge is -2.21. The molecule has 1 spiro atoms. The summed E-state index contributed by atoms with van der Waals surface area (Å²) in [6.07, 6.45) is 4.86. The summed E-state index contributed by atoms with van der Waals surface area (Å²) < 4.78 is 11.4. The molecule has 1 saturated heterocycles. The first-order valence-corrected chi connectivity index (χ1v) is 4.70. The van der Waals surface area contributed by atoms with E-state index in [1.54, 1.807) is 12.2 Å². The predicted octanol–water partition coefficient (Wildman–Crippen LogP) is 1.19. The molecule has 0 N–H and O–H groups in total. The van der Waals surface area contributed by atoms with Gasteiger partial charge in [-0.2, -0.15) is 0 Å². The first-order chi connectivity index (χ1) is 5.72. The monoisotopic (exact) mass is 278 g/mol. The van der Waals surface area contributed by atoms with Crippen LogP contribution in [0.3, 0.4) is 0 Å². The van der Waals surface area contributed by atoms with Crippen LogP contribution in [-0.4, -0.2) is 24.8 Å². The van der Waals surface area contributed by atoms with Gasteiger partial charge in [-0.3, -0.25) is 4.79 Å². The Labute approximate surface area is 83.6 Å². The van der Waals surface area contributed by atoms with Gasteiger partial charge in [-0.25, -0.2) is 0 Å². The van der Waals surface area contributed by atoms with Gasteiger partial charge in [-0.1, -0.05) is 0 Å². The van der Waals surface area contributed by atoms with Crippen LogP contribution in [0, 0.1) is 0 Å². The van der Waals surface area contributed by atoms with Gasteiger partial charge in [-0.15, -0.1) is 0 Å². The summed E-state index contributed by atoms with van der Waals surface area (Å²) in [6, 6.07) is 0. The van der Waals surface area contributed by atoms with E-state index in [1.165, 1.54) is 6.08 Å². The second-order valence-corrected chi connectivity index (χ2v) is 3.77. The Morgan fingerprint density at radius 3 is 2.67 bits per heavy atom. The number of ketones is 1. The van der Waals surface area contributed by atoms with Crippen LogP contribution in [0.4, 0.5) is 0 Å². The topological polar surface area (TPSA) is 35.5 Å². The molecular formula is C8H7IO3. The van der Waals surface area contributed by atoms with E-state index < -0.39 is 5.79 Å². The molecule has 2 aliphatic rings. The van der Waals surface area contributed by atoms with Gasteiger partial charge in [-0.05, 0) is 40.8 Å². The Morgan fingerprint density at radius 2 is 2.08 bits per heavy atom. The summed E-state index contributed by atoms with van der Waals surface area (Å²) in [6.45, 7) is 1.16. The van der Waals surface area contributed by atoms with E-state index in [0.717, 1.165) is 0 Å². The molecule has 0 aromatic heterocycles. The third-order valence-corrected chi connectivity index (χ3v) is 2.61. The molecule has 1 heterocycles. The minimum Gasteiger partial charge on any atom is -0.341 e. The third-order valence-electron chi connectivity index (χ3n) is 1.77. The number of carbonyl (C=O) groups is 1. The van der Waals surface area contributed by atoms with Crippen LogP contribution in [0.1, 0.15) is 0 Å². The molecule has 1 aliphatic heterocycles. The van der Waals surface area contributed by atoms with Crippen LogP contribution in [0.5, 0.6) is 0 Å². The summed E-state index contributed by atoms with van der Waals surface area (Å²) in [4.78, 5) is 11.1. The fourth-order valence-corrected chi connectivity index (χ4v) is 1.80. The van der Waals surface area contributed by atoms with Crippen molar-refractivity contribution in [1.29, 1.82) is 0 Å². The average Bonchev–Trinajstić information content (AvgIpc) is 2.47. The zero-order valence-corrected chi connectivity index (χ0v) is 8.41. The Bertz CT molecular complexity index is 274. The van der Waals surface area contributed by atoms with E-state index in [9.17, 15) is 4.79 Å². The largest absolute Gasteiger partial charge is 0.341 e. The summed E-state index contributed by atoms with van der Waals surface area (Å²) in [7, 11) is 0. The Hall–Kier alpha value is -0.200. The number of carbonyl (C=O) groups excluding carboxylic acids is 1. The molecule has 0 bridgehead atoms. The van der Waals surface area contributed by atoms with Crippen molar-refractivity contribution >= 4 is 28.4 Å². The molecule has 1 aliphatic carbocycles. The molecule has 0 aromatic rings. The summed E-state index contributed by atoms with van der Waals surface area (Å²) >= 11 is 1.98. The zero-order valence-electron chi connectivity index (χ0n) is 6.25. The van der Waals surface area contributed by atoms with Gasteiger partial charge in [0.15, 0.2) is 5.78 Å². The smallest absolute Gasteiger partial charge is 0.210 e. The van der Waals surface area contributed by atoms with Crippen molar-refractivity contribution in [3.8, 4) is 0 Å². The normalized spacial score (nSPS) is 26.4. The first kappa shape index (κ1) is 8.40. The van der Waals surface area contributed by atoms with Gasteiger partial charge < -0.3 is 9.47 Å². The Balaban J connectivity index is 2.30. The number of rotatable bonds is 0. The summed E-state index contributed by atoms with van der Waals surface area (Å²) in [5.74, 6) is -0.731. The quantitative estimate of drug-likeness (QED) is 0.624. The second-order valence-electron chi connectivity index (χ2n) is 2.61. The van der Waals surface area contributed by atoms with Crippen LogP contribution >= 0.6 is 22.6 Å². The molecule has 0 aromatic carbocycles. The highest BCUT2D eigenvalue weighted by atomic mass is 127. The molecule has 2 rings (SSSR count). The maximum absolute atomic E-state index is 11.1. The molecule has 1 fully saturated rings. The highest BCUT2D eigenvalue weighted by molar-refractivity contribution is 14.1. The van der Waals surface area contributed by atoms with Gasteiger partial charge >= 0.3 is 0 Å². The third kappa shape index (κ3) is 1.34. The van der Waals surface area contributed by atoms with Gasteiger partial charge in [0, 0.05) is 0 Å². The van der Waals surface area contributed by atoms with Crippen LogP contribution in [0.2, 0.25) is 0 Å². The molecule has 0 amide bonds. The van der Waals surface area contributed by atoms with E-state index in [1.807, 2.05) is 22.6 Å². The summed E-state index contributed by atoms with van der Waals surface area (Å²) in [5.41, 5.74) is 0. The Kier molecular flexibility index (Phi) is 2.05. The fourth-order valence-electron chi connectivity index (χ4n) is 1.19. The van der Waals surface area contributed by atoms with Gasteiger partial charge in [0.1, 0.15) is 0 Å². The van der Waals surface area contributed by atoms with Crippen molar-refractivity contribution in [3.05, 3.63) is 21.8 Å². The van der Waals surface area contributed by atoms with Crippen molar-refractivity contribution in [2.75, 3.05) is 13.2 Å². The van der Waals surface area contributed by atoms with Crippen molar-refractivity contribution < 1.29 is 14.3 Å². The van der Waals surface area contributed by atoms with E-state index in [4.69, 9.17) is 9.47 Å². The van der Waals surface area contributed by atoms with Crippen molar-refractivity contribution in [3.63, 3.8) is 0 Å². The average molecular weight is 278 g/mol. The molecule has 12 heavy (non-hydrogen) atoms. The predicted molar refractivity (Wildman–Crippen MR) is 50.9 cm³/mol. The van der Waals surface area contributed by atoms with Crippen LogP contribution in [-0.2, 0) is 14.3 Å². The highest BCUT2D eigenvalue weighted by Crippen LogP contribution is 2.29. The number of allylic oxidation sites excluding steroid dienone is 2. The minimum atomic E-state index is -0.746. The number of ether oxygens (including phenoxy) is 2. The molecule has 4 heteroatoms. The van der Waals surface area contributed by atoms with Crippen LogP contribution in [0.25, 0.3) is 0 Å². The lowest BCUT2D eigenvalue weighted by Crippen LogP contribution is -2.27. The first-order valence-electron chi connectivity index (χ1n) is 3.62. The maximum atomic E-state index is 11.1. The molecule has 0 unspecified atom stereocenters. The lowest BCUT2D eigenvalue weighted by atomic mass is 10.1. The minimum absolute atomic E-state index is 0.0142. The van der Waals surface area contributed by atoms with E-state index in [2.05, 4.69) is 0 Å². The molecule has 0 atom stereocenters. The van der Waals surface area contributed by atoms with E-state index in [0.29, 0.717) is 16.8 Å². The van der Waals surface area contributed by atoms with Crippen molar-refractivity contribution in [1.82, 2.24) is 0 Å². The highest BCUT2D eigenvalue weighted by Gasteiger charge is 2.34. The second kappa shape index (κ2) is 2.93. The molecule has 0 saturated carbocycles. The van der Waals surface area contributed by atoms with Crippen molar-refractivity contribution in [2.45, 2.75) is 5.79 Å². The zero-order chi connectivity index (χ0) is 8.60. The van der Waals surface area contributed by atoms with E-state index in [-0.39, 0.29) is 5.78 Å². The summed E-state index contributed by atoms with van der Waals surface area (Å²) in [5, 5.41) is 0. The van der Waals surface area contributed by atoms with Crippen molar-refractivity contribution in [2.24, 2.45) is 0 Å². The van der Waals surface area contributed by atoms with Crippen LogP contribution < -0.4 is 0 Å². The molecule has 0 radical (unpaired) electrons. The number of hydrogen-bond acceptors (Lipinski definition) is 3. The Morgan fingerprint density at radius 1 is 1.42 bits per heavy atom. The van der Waals surface area contributed by atoms with Crippen LogP contribution in [0.15, 0.2) is 21.8 Å². The van der Waals surface area contributed by atoms with Gasteiger partial charge in [0.2, 0.25) is 5.79 Å². The maximum Gasteiger partial charge on any atom is 0.210 e. The van der Waals surface area contributed by atoms with Gasteiger partial charge in [0.25, 0.3) is 0 Å².